The summed E-state index contributed by atoms with van der Waals surface area (Å²) < 4.78 is 37.1. The number of ether oxygens (including phenoxy) is 1. The predicted octanol–water partition coefficient (Wildman–Crippen LogP) is 6.00. The number of halogens is 1. The number of hydrogen-bond donors (Lipinski definition) is 0. The third-order valence-electron chi connectivity index (χ3n) is 5.15. The standard InChI is InChI=1S/C26H22INO6S2/c1-3-33-22-14-19(13-21(27)24(22)34-36(31,32)20-10-5-4-6-11-20)15-23-25(29)28(26(30)35-23)16-18-9-7-8-17(2)12-18/h4-15H,3,16H2,1-2H3/b23-15-. The van der Waals surface area contributed by atoms with Gasteiger partial charge in [0.1, 0.15) is 4.90 Å². The van der Waals surface area contributed by atoms with Gasteiger partial charge in [-0.2, -0.15) is 8.42 Å². The number of benzene rings is 3. The Morgan fingerprint density at radius 1 is 1.03 bits per heavy atom. The SMILES string of the molecule is CCOc1cc(/C=C2\SC(=O)N(Cc3cccc(C)c3)C2=O)cc(I)c1OS(=O)(=O)c1ccccc1. The van der Waals surface area contributed by atoms with Gasteiger partial charge in [-0.3, -0.25) is 14.5 Å². The number of carbonyl (C=O) groups excluding carboxylic acids is 2. The molecule has 2 amide bonds. The van der Waals surface area contributed by atoms with Crippen molar-refractivity contribution < 1.29 is 26.9 Å². The number of imide groups is 1. The summed E-state index contributed by atoms with van der Waals surface area (Å²) in [6.07, 6.45) is 1.60. The summed E-state index contributed by atoms with van der Waals surface area (Å²) in [6, 6.07) is 18.7. The van der Waals surface area contributed by atoms with E-state index in [4.69, 9.17) is 8.92 Å². The Labute approximate surface area is 227 Å². The molecule has 3 aromatic rings. The fraction of sp³-hybridized carbons (Fsp3) is 0.154. The van der Waals surface area contributed by atoms with Crippen LogP contribution in [0.4, 0.5) is 4.79 Å². The van der Waals surface area contributed by atoms with Crippen molar-refractivity contribution in [2.24, 2.45) is 0 Å². The van der Waals surface area contributed by atoms with Crippen molar-refractivity contribution in [3.05, 3.63) is 91.9 Å². The molecular formula is C26H22INO6S2. The maximum atomic E-state index is 13.0. The maximum Gasteiger partial charge on any atom is 0.339 e. The molecular weight excluding hydrogens is 613 g/mol. The van der Waals surface area contributed by atoms with E-state index in [1.165, 1.54) is 17.0 Å². The number of carbonyl (C=O) groups is 2. The van der Waals surface area contributed by atoms with Crippen LogP contribution in [0.25, 0.3) is 6.08 Å². The molecule has 0 N–H and O–H groups in total. The topological polar surface area (TPSA) is 90.0 Å². The Bertz CT molecular complexity index is 1450. The third kappa shape index (κ3) is 5.93. The fourth-order valence-corrected chi connectivity index (χ4v) is 6.24. The summed E-state index contributed by atoms with van der Waals surface area (Å²) in [5.41, 5.74) is 2.49. The number of nitrogens with zero attached hydrogens (tertiary/aromatic N) is 1. The Morgan fingerprint density at radius 2 is 1.78 bits per heavy atom. The molecule has 36 heavy (non-hydrogen) atoms. The zero-order valence-corrected chi connectivity index (χ0v) is 23.2. The minimum Gasteiger partial charge on any atom is -0.490 e. The summed E-state index contributed by atoms with van der Waals surface area (Å²) in [5.74, 6) is -0.105. The number of thioether (sulfide) groups is 1. The Kier molecular flexibility index (Phi) is 8.06. The predicted molar refractivity (Wildman–Crippen MR) is 147 cm³/mol. The highest BCUT2D eigenvalue weighted by Gasteiger charge is 2.35. The minimum absolute atomic E-state index is 0.0228. The third-order valence-corrected chi connectivity index (χ3v) is 8.10. The first kappa shape index (κ1) is 26.2. The van der Waals surface area contributed by atoms with E-state index in [1.54, 1.807) is 43.3 Å². The van der Waals surface area contributed by atoms with Gasteiger partial charge in [0, 0.05) is 0 Å². The van der Waals surface area contributed by atoms with Crippen LogP contribution >= 0.6 is 34.4 Å². The van der Waals surface area contributed by atoms with Crippen LogP contribution in [0.1, 0.15) is 23.6 Å². The molecule has 0 spiro atoms. The molecule has 1 aliphatic heterocycles. The molecule has 0 aliphatic carbocycles. The molecule has 0 radical (unpaired) electrons. The maximum absolute atomic E-state index is 13.0. The minimum atomic E-state index is -4.08. The second kappa shape index (κ2) is 11.1. The van der Waals surface area contributed by atoms with Crippen LogP contribution in [0.5, 0.6) is 11.5 Å². The van der Waals surface area contributed by atoms with Crippen LogP contribution in [0.3, 0.4) is 0 Å². The molecule has 1 heterocycles. The highest BCUT2D eigenvalue weighted by molar-refractivity contribution is 14.1. The van der Waals surface area contributed by atoms with Crippen molar-refractivity contribution in [1.82, 2.24) is 4.90 Å². The summed E-state index contributed by atoms with van der Waals surface area (Å²) in [5, 5.41) is -0.346. The van der Waals surface area contributed by atoms with Gasteiger partial charge in [0.25, 0.3) is 11.1 Å². The van der Waals surface area contributed by atoms with Crippen molar-refractivity contribution in [2.75, 3.05) is 6.61 Å². The lowest BCUT2D eigenvalue weighted by atomic mass is 10.1. The van der Waals surface area contributed by atoms with E-state index >= 15 is 0 Å². The number of hydrogen-bond acceptors (Lipinski definition) is 7. The lowest BCUT2D eigenvalue weighted by Gasteiger charge is -2.15. The molecule has 186 valence electrons. The molecule has 1 fully saturated rings. The van der Waals surface area contributed by atoms with Crippen molar-refractivity contribution in [3.8, 4) is 11.5 Å². The van der Waals surface area contributed by atoms with E-state index in [0.29, 0.717) is 9.13 Å². The monoisotopic (exact) mass is 635 g/mol. The van der Waals surface area contributed by atoms with E-state index in [2.05, 4.69) is 0 Å². The van der Waals surface area contributed by atoms with Crippen LogP contribution in [-0.2, 0) is 21.5 Å². The normalized spacial score (nSPS) is 15.0. The molecule has 1 saturated heterocycles. The average molecular weight is 636 g/mol. The van der Waals surface area contributed by atoms with Crippen LogP contribution in [0.2, 0.25) is 0 Å². The molecule has 0 saturated carbocycles. The fourth-order valence-electron chi connectivity index (χ4n) is 3.54. The van der Waals surface area contributed by atoms with E-state index in [-0.39, 0.29) is 45.6 Å². The second-order valence-electron chi connectivity index (χ2n) is 7.87. The quantitative estimate of drug-likeness (QED) is 0.170. The van der Waals surface area contributed by atoms with Crippen molar-refractivity contribution >= 4 is 61.7 Å². The van der Waals surface area contributed by atoms with Gasteiger partial charge in [-0.1, -0.05) is 48.0 Å². The van der Waals surface area contributed by atoms with E-state index in [9.17, 15) is 18.0 Å². The average Bonchev–Trinajstić information content (AvgIpc) is 3.09. The van der Waals surface area contributed by atoms with Gasteiger partial charge >= 0.3 is 10.1 Å². The summed E-state index contributed by atoms with van der Waals surface area (Å²) in [6.45, 7) is 4.18. The first-order chi connectivity index (χ1) is 17.2. The van der Waals surface area contributed by atoms with Gasteiger partial charge in [0.15, 0.2) is 11.5 Å². The van der Waals surface area contributed by atoms with Crippen LogP contribution < -0.4 is 8.92 Å². The van der Waals surface area contributed by atoms with Crippen LogP contribution in [0, 0.1) is 10.5 Å². The molecule has 7 nitrogen and oxygen atoms in total. The first-order valence-corrected chi connectivity index (χ1v) is 14.2. The van der Waals surface area contributed by atoms with Gasteiger partial charge < -0.3 is 8.92 Å². The lowest BCUT2D eigenvalue weighted by molar-refractivity contribution is -0.123. The van der Waals surface area contributed by atoms with Gasteiger partial charge in [-0.15, -0.1) is 0 Å². The Hall–Kier alpha value is -2.83. The molecule has 1 aliphatic rings. The largest absolute Gasteiger partial charge is 0.490 e. The number of amides is 2. The highest BCUT2D eigenvalue weighted by Crippen LogP contribution is 2.39. The van der Waals surface area contributed by atoms with E-state index in [1.807, 2.05) is 53.8 Å². The van der Waals surface area contributed by atoms with Crippen LogP contribution in [-0.4, -0.2) is 31.1 Å². The molecule has 0 aromatic heterocycles. The molecule has 4 rings (SSSR count). The second-order valence-corrected chi connectivity index (χ2v) is 11.6. The Balaban J connectivity index is 1.62. The van der Waals surface area contributed by atoms with Gasteiger partial charge in [0.2, 0.25) is 0 Å². The van der Waals surface area contributed by atoms with Gasteiger partial charge in [0.05, 0.1) is 21.6 Å². The highest BCUT2D eigenvalue weighted by atomic mass is 127. The molecule has 0 atom stereocenters. The lowest BCUT2D eigenvalue weighted by Crippen LogP contribution is -2.27. The Morgan fingerprint density at radius 3 is 2.47 bits per heavy atom. The van der Waals surface area contributed by atoms with E-state index in [0.717, 1.165) is 22.9 Å². The summed E-state index contributed by atoms with van der Waals surface area (Å²) >= 11 is 2.83. The first-order valence-electron chi connectivity index (χ1n) is 10.9. The zero-order chi connectivity index (χ0) is 25.9. The molecule has 0 bridgehead atoms. The summed E-state index contributed by atoms with van der Waals surface area (Å²) in [4.78, 5) is 27.1. The smallest absolute Gasteiger partial charge is 0.339 e. The van der Waals surface area contributed by atoms with Gasteiger partial charge in [-0.25, -0.2) is 0 Å². The van der Waals surface area contributed by atoms with Crippen LogP contribution in [0.15, 0.2) is 76.5 Å². The van der Waals surface area contributed by atoms with Gasteiger partial charge in [-0.05, 0) is 89.7 Å². The summed E-state index contributed by atoms with van der Waals surface area (Å²) in [7, 11) is -4.08. The molecule has 10 heteroatoms. The van der Waals surface area contributed by atoms with Crippen molar-refractivity contribution in [3.63, 3.8) is 0 Å². The van der Waals surface area contributed by atoms with Crippen molar-refractivity contribution in [2.45, 2.75) is 25.3 Å². The van der Waals surface area contributed by atoms with E-state index < -0.39 is 10.1 Å². The zero-order valence-electron chi connectivity index (χ0n) is 19.4. The van der Waals surface area contributed by atoms with Crippen molar-refractivity contribution in [1.29, 1.82) is 0 Å². The molecule has 0 unspecified atom stereocenters. The number of aryl methyl sites for hydroxylation is 1. The molecule has 3 aromatic carbocycles. The number of rotatable bonds is 8.